The molecule has 0 saturated heterocycles. The molecule has 0 atom stereocenters. The molecule has 0 aliphatic carbocycles. The highest BCUT2D eigenvalue weighted by Gasteiger charge is 2.28. The predicted octanol–water partition coefficient (Wildman–Crippen LogP) is 5.02. The summed E-state index contributed by atoms with van der Waals surface area (Å²) in [6, 6.07) is 26.3. The molecule has 222 valence electrons. The van der Waals surface area contributed by atoms with Crippen LogP contribution in [-0.2, 0) is 19.6 Å². The first-order valence-corrected chi connectivity index (χ1v) is 14.8. The minimum atomic E-state index is -4.07. The number of nitrogens with zero attached hydrogens (tertiary/aromatic N) is 2. The molecule has 4 aromatic carbocycles. The monoisotopic (exact) mass is 620 g/mol. The highest BCUT2D eigenvalue weighted by atomic mass is 35.5. The van der Waals surface area contributed by atoms with Gasteiger partial charge in [0.2, 0.25) is 0 Å². The zero-order valence-electron chi connectivity index (χ0n) is 23.4. The second-order valence-corrected chi connectivity index (χ2v) is 11.5. The van der Waals surface area contributed by atoms with E-state index < -0.39 is 22.5 Å². The molecule has 4 rings (SSSR count). The standard InChI is InChI=1S/C31H29ClN4O6S/c1-22-18-24(32)14-17-28(22)36(43(39,40)26-8-4-3-5-9-26)20-30(37)35-33-19-23-12-15-25(16-13-23)42-21-31(38)34-27-10-6-7-11-29(27)41-2/h3-19H,20-21H2,1-2H3,(H,34,38)(H,35,37)/b33-19-. The first-order valence-electron chi connectivity index (χ1n) is 13.0. The molecule has 0 spiro atoms. The number of amides is 2. The highest BCUT2D eigenvalue weighted by Crippen LogP contribution is 2.29. The van der Waals surface area contributed by atoms with Gasteiger partial charge in [-0.05, 0) is 84.8 Å². The second kappa shape index (κ2) is 14.3. The van der Waals surface area contributed by atoms with E-state index in [4.69, 9.17) is 21.1 Å². The fourth-order valence-corrected chi connectivity index (χ4v) is 5.73. The number of aryl methyl sites for hydroxylation is 1. The fraction of sp³-hybridized carbons (Fsp3) is 0.129. The zero-order valence-corrected chi connectivity index (χ0v) is 24.9. The lowest BCUT2D eigenvalue weighted by Gasteiger charge is -2.25. The summed E-state index contributed by atoms with van der Waals surface area (Å²) in [6.45, 7) is 0.989. The van der Waals surface area contributed by atoms with E-state index in [1.165, 1.54) is 25.5 Å². The number of para-hydroxylation sites is 2. The van der Waals surface area contributed by atoms with Gasteiger partial charge in [0.05, 0.1) is 29.6 Å². The summed E-state index contributed by atoms with van der Waals surface area (Å²) in [4.78, 5) is 25.1. The van der Waals surface area contributed by atoms with Crippen LogP contribution in [0.2, 0.25) is 5.02 Å². The van der Waals surface area contributed by atoms with Gasteiger partial charge < -0.3 is 14.8 Å². The Hall–Kier alpha value is -4.87. The van der Waals surface area contributed by atoms with Gasteiger partial charge in [-0.3, -0.25) is 13.9 Å². The zero-order chi connectivity index (χ0) is 30.8. The molecule has 0 aliphatic heterocycles. The maximum Gasteiger partial charge on any atom is 0.264 e. The smallest absolute Gasteiger partial charge is 0.264 e. The van der Waals surface area contributed by atoms with Gasteiger partial charge in [0.1, 0.15) is 18.0 Å². The second-order valence-electron chi connectivity index (χ2n) is 9.15. The fourth-order valence-electron chi connectivity index (χ4n) is 4.00. The molecule has 0 aromatic heterocycles. The van der Waals surface area contributed by atoms with Gasteiger partial charge in [0, 0.05) is 5.02 Å². The highest BCUT2D eigenvalue weighted by molar-refractivity contribution is 7.92. The van der Waals surface area contributed by atoms with Crippen LogP contribution < -0.4 is 24.5 Å². The largest absolute Gasteiger partial charge is 0.495 e. The summed E-state index contributed by atoms with van der Waals surface area (Å²) in [5.74, 6) is -0.00487. The summed E-state index contributed by atoms with van der Waals surface area (Å²) in [5, 5.41) is 7.14. The van der Waals surface area contributed by atoms with E-state index in [-0.39, 0.29) is 17.4 Å². The van der Waals surface area contributed by atoms with Crippen LogP contribution in [0.15, 0.2) is 107 Å². The molecule has 0 bridgehead atoms. The molecule has 10 nitrogen and oxygen atoms in total. The minimum Gasteiger partial charge on any atom is -0.495 e. The van der Waals surface area contributed by atoms with Crippen LogP contribution in [0.3, 0.4) is 0 Å². The average molecular weight is 621 g/mol. The Morgan fingerprint density at radius 2 is 1.63 bits per heavy atom. The van der Waals surface area contributed by atoms with Crippen molar-refractivity contribution in [3.05, 3.63) is 113 Å². The third-order valence-corrected chi connectivity index (χ3v) is 8.09. The summed E-state index contributed by atoms with van der Waals surface area (Å²) >= 11 is 6.07. The maximum absolute atomic E-state index is 13.5. The molecular formula is C31H29ClN4O6S. The lowest BCUT2D eigenvalue weighted by Crippen LogP contribution is -2.40. The van der Waals surface area contributed by atoms with Gasteiger partial charge in [-0.1, -0.05) is 41.9 Å². The Bertz CT molecular complexity index is 1710. The van der Waals surface area contributed by atoms with Crippen LogP contribution in [0, 0.1) is 6.92 Å². The summed E-state index contributed by atoms with van der Waals surface area (Å²) in [6.07, 6.45) is 1.40. The van der Waals surface area contributed by atoms with E-state index in [1.54, 1.807) is 91.9 Å². The molecule has 0 saturated carbocycles. The molecule has 2 amide bonds. The SMILES string of the molecule is COc1ccccc1NC(=O)COc1ccc(/C=N\NC(=O)CN(c2ccc(Cl)cc2C)S(=O)(=O)c2ccccc2)cc1. The molecule has 0 aliphatic rings. The maximum atomic E-state index is 13.5. The number of ether oxygens (including phenoxy) is 2. The van der Waals surface area contributed by atoms with Crippen molar-refractivity contribution < 1.29 is 27.5 Å². The number of benzene rings is 4. The number of rotatable bonds is 12. The third kappa shape index (κ3) is 8.34. The number of sulfonamides is 1. The normalized spacial score (nSPS) is 11.1. The van der Waals surface area contributed by atoms with Gasteiger partial charge in [0.15, 0.2) is 6.61 Å². The van der Waals surface area contributed by atoms with E-state index in [9.17, 15) is 18.0 Å². The van der Waals surface area contributed by atoms with Gasteiger partial charge >= 0.3 is 0 Å². The van der Waals surface area contributed by atoms with Crippen LogP contribution in [0.1, 0.15) is 11.1 Å². The Morgan fingerprint density at radius 1 is 0.930 bits per heavy atom. The average Bonchev–Trinajstić information content (AvgIpc) is 3.00. The lowest BCUT2D eigenvalue weighted by atomic mass is 10.2. The lowest BCUT2D eigenvalue weighted by molar-refractivity contribution is -0.119. The molecule has 43 heavy (non-hydrogen) atoms. The van der Waals surface area contributed by atoms with E-state index >= 15 is 0 Å². The van der Waals surface area contributed by atoms with Gasteiger partial charge in [0.25, 0.3) is 21.8 Å². The van der Waals surface area contributed by atoms with Crippen molar-refractivity contribution in [1.29, 1.82) is 0 Å². The van der Waals surface area contributed by atoms with Gasteiger partial charge in [-0.25, -0.2) is 13.8 Å². The van der Waals surface area contributed by atoms with Crippen LogP contribution >= 0.6 is 11.6 Å². The van der Waals surface area contributed by atoms with E-state index in [0.29, 0.717) is 39.0 Å². The summed E-state index contributed by atoms with van der Waals surface area (Å²) in [7, 11) is -2.55. The Balaban J connectivity index is 1.36. The number of halogens is 1. The molecule has 4 aromatic rings. The van der Waals surface area contributed by atoms with Crippen LogP contribution in [0.25, 0.3) is 0 Å². The molecule has 0 radical (unpaired) electrons. The third-order valence-electron chi connectivity index (χ3n) is 6.08. The van der Waals surface area contributed by atoms with E-state index in [0.717, 1.165) is 4.31 Å². The summed E-state index contributed by atoms with van der Waals surface area (Å²) in [5.41, 5.74) is 4.45. The van der Waals surface area contributed by atoms with Crippen molar-refractivity contribution in [2.75, 3.05) is 29.9 Å². The van der Waals surface area contributed by atoms with Gasteiger partial charge in [-0.15, -0.1) is 0 Å². The topological polar surface area (TPSA) is 126 Å². The Morgan fingerprint density at radius 3 is 2.33 bits per heavy atom. The van der Waals surface area contributed by atoms with Crippen LogP contribution in [-0.4, -0.2) is 46.7 Å². The van der Waals surface area contributed by atoms with E-state index in [2.05, 4.69) is 15.8 Å². The first-order chi connectivity index (χ1) is 20.7. The van der Waals surface area contributed by atoms with Crippen molar-refractivity contribution in [2.24, 2.45) is 5.10 Å². The minimum absolute atomic E-state index is 0.0419. The number of hydrogen-bond donors (Lipinski definition) is 2. The van der Waals surface area contributed by atoms with Crippen molar-refractivity contribution in [2.45, 2.75) is 11.8 Å². The molecule has 12 heteroatoms. The molecular weight excluding hydrogens is 592 g/mol. The number of hydrogen-bond acceptors (Lipinski definition) is 7. The molecule has 0 unspecified atom stereocenters. The van der Waals surface area contributed by atoms with Crippen molar-refractivity contribution in [3.63, 3.8) is 0 Å². The van der Waals surface area contributed by atoms with Crippen LogP contribution in [0.5, 0.6) is 11.5 Å². The van der Waals surface area contributed by atoms with Crippen molar-refractivity contribution in [1.82, 2.24) is 5.43 Å². The van der Waals surface area contributed by atoms with E-state index in [1.807, 2.05) is 0 Å². The Kier molecular flexibility index (Phi) is 10.4. The first kappa shape index (κ1) is 31.1. The number of anilines is 2. The number of carbonyl (C=O) groups is 2. The number of hydrazone groups is 1. The van der Waals surface area contributed by atoms with Crippen molar-refractivity contribution in [3.8, 4) is 11.5 Å². The van der Waals surface area contributed by atoms with Crippen LogP contribution in [0.4, 0.5) is 11.4 Å². The number of nitrogens with one attached hydrogen (secondary N) is 2. The number of methoxy groups -OCH3 is 1. The number of carbonyl (C=O) groups excluding carboxylic acids is 2. The predicted molar refractivity (Wildman–Crippen MR) is 166 cm³/mol. The Labute approximate surface area is 254 Å². The summed E-state index contributed by atoms with van der Waals surface area (Å²) < 4.78 is 38.8. The molecule has 0 heterocycles. The van der Waals surface area contributed by atoms with Gasteiger partial charge in [-0.2, -0.15) is 5.10 Å². The molecule has 0 fully saturated rings. The van der Waals surface area contributed by atoms with Crippen molar-refractivity contribution >= 4 is 51.0 Å². The quantitative estimate of drug-likeness (QED) is 0.169. The molecule has 2 N–H and O–H groups in total.